The first-order valence-electron chi connectivity index (χ1n) is 5.26. The molecule has 1 saturated carbocycles. The van der Waals surface area contributed by atoms with E-state index in [-0.39, 0.29) is 0 Å². The van der Waals surface area contributed by atoms with E-state index in [0.717, 1.165) is 23.7 Å². The third-order valence-electron chi connectivity index (χ3n) is 3.66. The fourth-order valence-corrected chi connectivity index (χ4v) is 3.18. The second kappa shape index (κ2) is 2.73. The van der Waals surface area contributed by atoms with Gasteiger partial charge in [0.15, 0.2) is 0 Å². The maximum Gasteiger partial charge on any atom is 0.0638 e. The van der Waals surface area contributed by atoms with E-state index in [4.69, 9.17) is 4.74 Å². The van der Waals surface area contributed by atoms with Crippen molar-refractivity contribution in [2.45, 2.75) is 46.3 Å². The van der Waals surface area contributed by atoms with Crippen LogP contribution in [-0.2, 0) is 4.74 Å². The Bertz CT molecular complexity index is 150. The van der Waals surface area contributed by atoms with E-state index in [1.54, 1.807) is 0 Å². The molecule has 0 amide bonds. The summed E-state index contributed by atoms with van der Waals surface area (Å²) in [6, 6.07) is 0. The lowest BCUT2D eigenvalue weighted by molar-refractivity contribution is -0.0858. The molecule has 1 aliphatic carbocycles. The number of fused-ring (bicyclic) bond motifs is 1. The Morgan fingerprint density at radius 3 is 1.50 bits per heavy atom. The molecule has 3 aliphatic rings. The van der Waals surface area contributed by atoms with Gasteiger partial charge in [0.05, 0.1) is 12.2 Å². The van der Waals surface area contributed by atoms with E-state index in [9.17, 15) is 0 Å². The van der Waals surface area contributed by atoms with Gasteiger partial charge in [-0.2, -0.15) is 0 Å². The summed E-state index contributed by atoms with van der Waals surface area (Å²) in [5.41, 5.74) is 0. The van der Waals surface area contributed by atoms with E-state index >= 15 is 0 Å². The minimum Gasteiger partial charge on any atom is -0.374 e. The molecular weight excluding hydrogens is 148 g/mol. The van der Waals surface area contributed by atoms with E-state index in [1.807, 2.05) is 0 Å². The zero-order chi connectivity index (χ0) is 8.88. The minimum atomic E-state index is 0.613. The first-order valence-corrected chi connectivity index (χ1v) is 5.26. The van der Waals surface area contributed by atoms with Crippen LogP contribution in [0.4, 0.5) is 0 Å². The summed E-state index contributed by atoms with van der Waals surface area (Å²) in [5.74, 6) is 3.29. The highest BCUT2D eigenvalue weighted by Gasteiger charge is 2.55. The van der Waals surface area contributed by atoms with Gasteiger partial charge >= 0.3 is 0 Å². The molecule has 0 aromatic rings. The predicted octanol–water partition coefficient (Wildman–Crippen LogP) is 2.70. The molecule has 70 valence electrons. The van der Waals surface area contributed by atoms with Gasteiger partial charge in [0.1, 0.15) is 0 Å². The van der Waals surface area contributed by atoms with Crippen LogP contribution in [-0.4, -0.2) is 12.2 Å². The zero-order valence-corrected chi connectivity index (χ0v) is 8.58. The lowest BCUT2D eigenvalue weighted by atomic mass is 9.80. The quantitative estimate of drug-likeness (QED) is 0.616. The summed E-state index contributed by atoms with van der Waals surface area (Å²) in [4.78, 5) is 0. The molecule has 2 aliphatic heterocycles. The highest BCUT2D eigenvalue weighted by atomic mass is 16.5. The van der Waals surface area contributed by atoms with E-state index < -0.39 is 0 Å². The molecule has 0 spiro atoms. The fourth-order valence-electron chi connectivity index (χ4n) is 3.18. The second-order valence-corrected chi connectivity index (χ2v) is 5.09. The van der Waals surface area contributed by atoms with Gasteiger partial charge in [-0.05, 0) is 23.7 Å². The monoisotopic (exact) mass is 168 g/mol. The Hall–Kier alpha value is -0.0400. The number of ether oxygens (including phenoxy) is 1. The second-order valence-electron chi connectivity index (χ2n) is 5.09. The van der Waals surface area contributed by atoms with Crippen molar-refractivity contribution >= 4 is 0 Å². The normalized spacial score (nSPS) is 45.5. The van der Waals surface area contributed by atoms with Crippen molar-refractivity contribution in [3.63, 3.8) is 0 Å². The first kappa shape index (κ1) is 8.55. The first-order chi connectivity index (χ1) is 5.61. The fraction of sp³-hybridized carbons (Fsp3) is 1.00. The third kappa shape index (κ3) is 1.02. The molecule has 0 N–H and O–H groups in total. The molecule has 12 heavy (non-hydrogen) atoms. The van der Waals surface area contributed by atoms with Gasteiger partial charge in [0.2, 0.25) is 0 Å². The van der Waals surface area contributed by atoms with Gasteiger partial charge in [0, 0.05) is 6.42 Å². The van der Waals surface area contributed by atoms with Gasteiger partial charge in [-0.25, -0.2) is 0 Å². The highest BCUT2D eigenvalue weighted by Crippen LogP contribution is 2.52. The van der Waals surface area contributed by atoms with Gasteiger partial charge in [-0.1, -0.05) is 27.7 Å². The molecular formula is C11H20O. The molecule has 0 radical (unpaired) electrons. The van der Waals surface area contributed by atoms with Crippen molar-refractivity contribution in [3.05, 3.63) is 0 Å². The van der Waals surface area contributed by atoms with Gasteiger partial charge in [-0.15, -0.1) is 0 Å². The minimum absolute atomic E-state index is 0.613. The molecule has 2 heterocycles. The Morgan fingerprint density at radius 2 is 1.25 bits per heavy atom. The van der Waals surface area contributed by atoms with Crippen LogP contribution in [0, 0.1) is 23.7 Å². The Balaban J connectivity index is 2.11. The third-order valence-corrected chi connectivity index (χ3v) is 3.66. The molecule has 2 saturated heterocycles. The largest absolute Gasteiger partial charge is 0.374 e. The lowest BCUT2D eigenvalue weighted by Gasteiger charge is -2.27. The molecule has 3 fully saturated rings. The topological polar surface area (TPSA) is 9.23 Å². The average molecular weight is 168 g/mol. The van der Waals surface area contributed by atoms with Crippen LogP contribution in [0.5, 0.6) is 0 Å². The van der Waals surface area contributed by atoms with Crippen molar-refractivity contribution in [3.8, 4) is 0 Å². The number of hydrogen-bond acceptors (Lipinski definition) is 1. The molecule has 0 aromatic carbocycles. The van der Waals surface area contributed by atoms with Crippen LogP contribution in [0.25, 0.3) is 0 Å². The van der Waals surface area contributed by atoms with Gasteiger partial charge in [0.25, 0.3) is 0 Å². The van der Waals surface area contributed by atoms with Crippen molar-refractivity contribution in [1.29, 1.82) is 0 Å². The summed E-state index contributed by atoms with van der Waals surface area (Å²) in [6.45, 7) is 9.35. The maximum absolute atomic E-state index is 5.80. The Labute approximate surface area is 75.5 Å². The Kier molecular flexibility index (Phi) is 1.95. The van der Waals surface area contributed by atoms with Crippen LogP contribution in [0.15, 0.2) is 0 Å². The van der Waals surface area contributed by atoms with Crippen molar-refractivity contribution in [1.82, 2.24) is 0 Å². The molecule has 1 nitrogen and oxygen atoms in total. The molecule has 0 aromatic heterocycles. The number of hydrogen-bond donors (Lipinski definition) is 0. The molecule has 2 unspecified atom stereocenters. The summed E-state index contributed by atoms with van der Waals surface area (Å²) < 4.78 is 5.80. The smallest absolute Gasteiger partial charge is 0.0638 e. The van der Waals surface area contributed by atoms with E-state index in [2.05, 4.69) is 27.7 Å². The average Bonchev–Trinajstić information content (AvgIpc) is 2.34. The molecule has 3 rings (SSSR count). The SMILES string of the molecule is CC(C)[C@@H]1C2CC(O2)[C@@H]1C(C)C. The van der Waals surface area contributed by atoms with Crippen molar-refractivity contribution in [2.24, 2.45) is 23.7 Å². The van der Waals surface area contributed by atoms with Crippen molar-refractivity contribution in [2.75, 3.05) is 0 Å². The van der Waals surface area contributed by atoms with Crippen LogP contribution >= 0.6 is 0 Å². The van der Waals surface area contributed by atoms with E-state index in [1.165, 1.54) is 6.42 Å². The maximum atomic E-state index is 5.80. The lowest BCUT2D eigenvalue weighted by Crippen LogP contribution is -2.30. The van der Waals surface area contributed by atoms with E-state index in [0.29, 0.717) is 12.2 Å². The molecule has 2 bridgehead atoms. The van der Waals surface area contributed by atoms with Crippen LogP contribution in [0.3, 0.4) is 0 Å². The molecule has 1 heteroatoms. The Morgan fingerprint density at radius 1 is 0.917 bits per heavy atom. The summed E-state index contributed by atoms with van der Waals surface area (Å²) in [6.07, 6.45) is 2.57. The van der Waals surface area contributed by atoms with Crippen LogP contribution < -0.4 is 0 Å². The zero-order valence-electron chi connectivity index (χ0n) is 8.58. The molecule has 4 atom stereocenters. The van der Waals surface area contributed by atoms with Crippen LogP contribution in [0.2, 0.25) is 0 Å². The predicted molar refractivity (Wildman–Crippen MR) is 49.9 cm³/mol. The van der Waals surface area contributed by atoms with Gasteiger partial charge < -0.3 is 4.74 Å². The highest BCUT2D eigenvalue weighted by molar-refractivity contribution is 5.02. The standard InChI is InChI=1S/C11H20O/c1-6(2)10-8-5-9(12-8)11(10)7(3)4/h6-11H,5H2,1-4H3/t8?,9?,10-,11+. The van der Waals surface area contributed by atoms with Crippen molar-refractivity contribution < 1.29 is 4.74 Å². The number of rotatable bonds is 2. The van der Waals surface area contributed by atoms with Gasteiger partial charge in [-0.3, -0.25) is 0 Å². The summed E-state index contributed by atoms with van der Waals surface area (Å²) in [5, 5.41) is 0. The van der Waals surface area contributed by atoms with Crippen LogP contribution in [0.1, 0.15) is 34.1 Å². The summed E-state index contributed by atoms with van der Waals surface area (Å²) >= 11 is 0. The summed E-state index contributed by atoms with van der Waals surface area (Å²) in [7, 11) is 0.